The lowest BCUT2D eigenvalue weighted by Crippen LogP contribution is -2.41. The molecule has 118 valence electrons. The van der Waals surface area contributed by atoms with E-state index >= 15 is 0 Å². The highest BCUT2D eigenvalue weighted by atomic mass is 16.3. The number of hydrogen-bond donors (Lipinski definition) is 2. The fraction of sp³-hybridized carbons (Fsp3) is 0.667. The van der Waals surface area contributed by atoms with Gasteiger partial charge in [0.1, 0.15) is 0 Å². The Hall–Kier alpha value is -1.06. The smallest absolute Gasteiger partial charge is 0.0606 e. The van der Waals surface area contributed by atoms with Gasteiger partial charge in [0.05, 0.1) is 6.61 Å². The molecule has 1 aromatic carbocycles. The van der Waals surface area contributed by atoms with E-state index in [9.17, 15) is 5.11 Å². The molecular weight excluding hydrogens is 260 g/mol. The number of nitrogens with zero attached hydrogens (tertiary/aromatic N) is 1. The summed E-state index contributed by atoms with van der Waals surface area (Å²) in [7, 11) is 0. The summed E-state index contributed by atoms with van der Waals surface area (Å²) in [6, 6.07) is 10.0. The Morgan fingerprint density at radius 1 is 1.24 bits per heavy atom. The standard InChI is InChI=1S/C18H30N2O/c1-3-12-19-18(4-2)15-8-10-17(11-9-15)20(13-14-21)16-6-5-7-16/h8-11,16,18-19,21H,3-7,12-14H2,1-2H3. The third-order valence-electron chi connectivity index (χ3n) is 4.53. The largest absolute Gasteiger partial charge is 0.395 e. The van der Waals surface area contributed by atoms with Crippen molar-refractivity contribution in [3.05, 3.63) is 29.8 Å². The zero-order valence-corrected chi connectivity index (χ0v) is 13.5. The second kappa shape index (κ2) is 8.40. The molecule has 1 aliphatic carbocycles. The molecule has 1 saturated carbocycles. The van der Waals surface area contributed by atoms with E-state index in [1.807, 2.05) is 0 Å². The molecule has 1 atom stereocenters. The van der Waals surface area contributed by atoms with Crippen molar-refractivity contribution in [2.75, 3.05) is 24.6 Å². The first-order chi connectivity index (χ1) is 10.3. The van der Waals surface area contributed by atoms with Crippen LogP contribution in [0.25, 0.3) is 0 Å². The maximum atomic E-state index is 9.29. The summed E-state index contributed by atoms with van der Waals surface area (Å²) in [6.07, 6.45) is 6.13. The van der Waals surface area contributed by atoms with Crippen LogP contribution >= 0.6 is 0 Å². The highest BCUT2D eigenvalue weighted by molar-refractivity contribution is 5.49. The van der Waals surface area contributed by atoms with Crippen LogP contribution in [0, 0.1) is 0 Å². The highest BCUT2D eigenvalue weighted by Crippen LogP contribution is 2.30. The molecule has 0 spiro atoms. The molecule has 0 bridgehead atoms. The minimum atomic E-state index is 0.230. The van der Waals surface area contributed by atoms with Crippen LogP contribution in [0.1, 0.15) is 57.6 Å². The number of rotatable bonds is 9. The summed E-state index contributed by atoms with van der Waals surface area (Å²) in [5.41, 5.74) is 2.62. The van der Waals surface area contributed by atoms with Gasteiger partial charge in [0.2, 0.25) is 0 Å². The predicted octanol–water partition coefficient (Wildman–Crippen LogP) is 3.49. The van der Waals surface area contributed by atoms with Crippen LogP contribution in [0.2, 0.25) is 0 Å². The monoisotopic (exact) mass is 290 g/mol. The fourth-order valence-electron chi connectivity index (χ4n) is 3.04. The normalized spacial score (nSPS) is 16.5. The summed E-state index contributed by atoms with van der Waals surface area (Å²) in [5.74, 6) is 0. The highest BCUT2D eigenvalue weighted by Gasteiger charge is 2.24. The van der Waals surface area contributed by atoms with Gasteiger partial charge in [-0.2, -0.15) is 0 Å². The van der Waals surface area contributed by atoms with Gasteiger partial charge < -0.3 is 15.3 Å². The van der Waals surface area contributed by atoms with Gasteiger partial charge in [-0.25, -0.2) is 0 Å². The van der Waals surface area contributed by atoms with Crippen molar-refractivity contribution in [1.82, 2.24) is 5.32 Å². The van der Waals surface area contributed by atoms with E-state index < -0.39 is 0 Å². The van der Waals surface area contributed by atoms with E-state index in [0.29, 0.717) is 12.1 Å². The molecule has 1 fully saturated rings. The van der Waals surface area contributed by atoms with Crippen molar-refractivity contribution >= 4 is 5.69 Å². The molecule has 3 nitrogen and oxygen atoms in total. The average molecular weight is 290 g/mol. The van der Waals surface area contributed by atoms with Crippen molar-refractivity contribution in [3.63, 3.8) is 0 Å². The Labute approximate surface area is 129 Å². The molecule has 0 saturated heterocycles. The molecule has 1 aromatic rings. The van der Waals surface area contributed by atoms with Gasteiger partial charge in [0, 0.05) is 24.3 Å². The van der Waals surface area contributed by atoms with E-state index in [4.69, 9.17) is 0 Å². The number of nitrogens with one attached hydrogen (secondary N) is 1. The number of hydrogen-bond acceptors (Lipinski definition) is 3. The van der Waals surface area contributed by atoms with E-state index in [1.165, 1.54) is 36.9 Å². The third kappa shape index (κ3) is 4.21. The first-order valence-corrected chi connectivity index (χ1v) is 8.51. The summed E-state index contributed by atoms with van der Waals surface area (Å²) in [6.45, 7) is 6.48. The first kappa shape index (κ1) is 16.3. The van der Waals surface area contributed by atoms with Crippen molar-refractivity contribution < 1.29 is 5.11 Å². The lowest BCUT2D eigenvalue weighted by atomic mass is 9.91. The van der Waals surface area contributed by atoms with Crippen molar-refractivity contribution in [1.29, 1.82) is 0 Å². The van der Waals surface area contributed by atoms with Gasteiger partial charge >= 0.3 is 0 Å². The van der Waals surface area contributed by atoms with Gasteiger partial charge in [0.25, 0.3) is 0 Å². The number of aliphatic hydroxyl groups is 1. The minimum absolute atomic E-state index is 0.230. The Balaban J connectivity index is 2.05. The molecule has 3 heteroatoms. The molecular formula is C18H30N2O. The van der Waals surface area contributed by atoms with Crippen LogP contribution in [0.3, 0.4) is 0 Å². The third-order valence-corrected chi connectivity index (χ3v) is 4.53. The van der Waals surface area contributed by atoms with Crippen molar-refractivity contribution in [3.8, 4) is 0 Å². The molecule has 1 aliphatic rings. The fourth-order valence-corrected chi connectivity index (χ4v) is 3.04. The van der Waals surface area contributed by atoms with Gasteiger partial charge in [-0.15, -0.1) is 0 Å². The molecule has 0 aliphatic heterocycles. The molecule has 1 unspecified atom stereocenters. The SMILES string of the molecule is CCCNC(CC)c1ccc(N(CCO)C2CCC2)cc1. The van der Waals surface area contributed by atoms with E-state index in [1.54, 1.807) is 0 Å². The summed E-state index contributed by atoms with van der Waals surface area (Å²) >= 11 is 0. The van der Waals surface area contributed by atoms with Crippen LogP contribution in [0.5, 0.6) is 0 Å². The van der Waals surface area contributed by atoms with E-state index in [-0.39, 0.29) is 6.61 Å². The van der Waals surface area contributed by atoms with Gasteiger partial charge in [-0.05, 0) is 56.3 Å². The van der Waals surface area contributed by atoms with Gasteiger partial charge in [-0.3, -0.25) is 0 Å². The lowest BCUT2D eigenvalue weighted by molar-refractivity contribution is 0.283. The van der Waals surface area contributed by atoms with Crippen LogP contribution in [0.15, 0.2) is 24.3 Å². The summed E-state index contributed by atoms with van der Waals surface area (Å²) in [4.78, 5) is 2.37. The average Bonchev–Trinajstić information content (AvgIpc) is 2.46. The summed E-state index contributed by atoms with van der Waals surface area (Å²) in [5, 5.41) is 12.9. The number of benzene rings is 1. The van der Waals surface area contributed by atoms with E-state index in [2.05, 4.69) is 48.3 Å². The Morgan fingerprint density at radius 3 is 2.43 bits per heavy atom. The van der Waals surface area contributed by atoms with Crippen molar-refractivity contribution in [2.45, 2.75) is 58.0 Å². The Morgan fingerprint density at radius 2 is 1.95 bits per heavy atom. The zero-order chi connectivity index (χ0) is 15.1. The zero-order valence-electron chi connectivity index (χ0n) is 13.5. The summed E-state index contributed by atoms with van der Waals surface area (Å²) < 4.78 is 0. The van der Waals surface area contributed by atoms with Crippen LogP contribution < -0.4 is 10.2 Å². The Kier molecular flexibility index (Phi) is 6.52. The molecule has 0 heterocycles. The van der Waals surface area contributed by atoms with Gasteiger partial charge in [0.15, 0.2) is 0 Å². The molecule has 2 rings (SSSR count). The molecule has 0 radical (unpaired) electrons. The molecule has 21 heavy (non-hydrogen) atoms. The number of aliphatic hydroxyl groups excluding tert-OH is 1. The molecule has 2 N–H and O–H groups in total. The second-order valence-electron chi connectivity index (χ2n) is 6.01. The maximum absolute atomic E-state index is 9.29. The van der Waals surface area contributed by atoms with Crippen LogP contribution in [-0.4, -0.2) is 30.8 Å². The predicted molar refractivity (Wildman–Crippen MR) is 89.8 cm³/mol. The number of anilines is 1. The van der Waals surface area contributed by atoms with Gasteiger partial charge in [-0.1, -0.05) is 26.0 Å². The Bertz CT molecular complexity index is 400. The van der Waals surface area contributed by atoms with Crippen molar-refractivity contribution in [2.24, 2.45) is 0 Å². The maximum Gasteiger partial charge on any atom is 0.0606 e. The van der Waals surface area contributed by atoms with Crippen LogP contribution in [-0.2, 0) is 0 Å². The van der Waals surface area contributed by atoms with Crippen LogP contribution in [0.4, 0.5) is 5.69 Å². The molecule has 0 aromatic heterocycles. The minimum Gasteiger partial charge on any atom is -0.395 e. The van der Waals surface area contributed by atoms with E-state index in [0.717, 1.165) is 19.5 Å². The first-order valence-electron chi connectivity index (χ1n) is 8.51. The quantitative estimate of drug-likeness (QED) is 0.731. The second-order valence-corrected chi connectivity index (χ2v) is 6.01. The molecule has 0 amide bonds. The topological polar surface area (TPSA) is 35.5 Å². The lowest BCUT2D eigenvalue weighted by Gasteiger charge is -2.39.